The van der Waals surface area contributed by atoms with Crippen molar-refractivity contribution in [2.75, 3.05) is 52.4 Å². The molecule has 2 saturated carbocycles. The Balaban J connectivity index is 0.000000150. The van der Waals surface area contributed by atoms with E-state index in [0.717, 1.165) is 51.9 Å². The summed E-state index contributed by atoms with van der Waals surface area (Å²) in [7, 11) is 0. The van der Waals surface area contributed by atoms with Gasteiger partial charge in [0, 0.05) is 64.2 Å². The molecule has 4 fully saturated rings. The quantitative estimate of drug-likeness (QED) is 0.732. The molecule has 140 valence electrons. The predicted molar refractivity (Wildman–Crippen MR) is 91.1 cm³/mol. The number of amides is 3. The van der Waals surface area contributed by atoms with Crippen molar-refractivity contribution in [2.24, 2.45) is 11.8 Å². The number of rotatable bonds is 2. The van der Waals surface area contributed by atoms with Gasteiger partial charge in [0.15, 0.2) is 0 Å². The van der Waals surface area contributed by atoms with Gasteiger partial charge in [-0.2, -0.15) is 0 Å². The highest BCUT2D eigenvalue weighted by atomic mass is 16.4. The lowest BCUT2D eigenvalue weighted by Crippen LogP contribution is -2.50. The van der Waals surface area contributed by atoms with E-state index in [2.05, 4.69) is 5.32 Å². The first-order valence-corrected chi connectivity index (χ1v) is 9.32. The standard InChI is InChI=1S/C9H14N2O3.C8H14N2O/c12-8(7-1-2-7)10-3-5-11(6-4-10)9(13)14;11-8(7-1-2-7)10-5-3-9-4-6-10/h7H,1-6H2,(H,13,14);7,9H,1-6H2. The van der Waals surface area contributed by atoms with Crippen molar-refractivity contribution in [3.8, 4) is 0 Å². The van der Waals surface area contributed by atoms with E-state index in [-0.39, 0.29) is 11.8 Å². The second-order valence-corrected chi connectivity index (χ2v) is 7.22. The van der Waals surface area contributed by atoms with Gasteiger partial charge < -0.3 is 25.1 Å². The van der Waals surface area contributed by atoms with Gasteiger partial charge in [-0.3, -0.25) is 9.59 Å². The summed E-state index contributed by atoms with van der Waals surface area (Å²) in [6.07, 6.45) is 3.39. The first-order valence-electron chi connectivity index (χ1n) is 9.32. The normalized spacial score (nSPS) is 23.6. The van der Waals surface area contributed by atoms with Crippen LogP contribution in [0.15, 0.2) is 0 Å². The van der Waals surface area contributed by atoms with E-state index in [1.807, 2.05) is 4.90 Å². The van der Waals surface area contributed by atoms with Gasteiger partial charge in [-0.25, -0.2) is 4.79 Å². The van der Waals surface area contributed by atoms with Crippen molar-refractivity contribution in [1.82, 2.24) is 20.0 Å². The van der Waals surface area contributed by atoms with Crippen molar-refractivity contribution in [1.29, 1.82) is 0 Å². The van der Waals surface area contributed by atoms with Crippen LogP contribution in [0.5, 0.6) is 0 Å². The molecule has 0 aromatic rings. The number of hydrogen-bond donors (Lipinski definition) is 2. The fraction of sp³-hybridized carbons (Fsp3) is 0.824. The minimum absolute atomic E-state index is 0.218. The van der Waals surface area contributed by atoms with Crippen molar-refractivity contribution < 1.29 is 19.5 Å². The molecular weight excluding hydrogens is 324 g/mol. The lowest BCUT2D eigenvalue weighted by Gasteiger charge is -2.33. The van der Waals surface area contributed by atoms with Crippen LogP contribution in [0.2, 0.25) is 0 Å². The van der Waals surface area contributed by atoms with Gasteiger partial charge in [0.25, 0.3) is 0 Å². The minimum atomic E-state index is -0.886. The molecule has 0 bridgehead atoms. The second kappa shape index (κ2) is 8.03. The Labute approximate surface area is 148 Å². The highest BCUT2D eigenvalue weighted by molar-refractivity contribution is 5.81. The number of hydrogen-bond acceptors (Lipinski definition) is 4. The number of piperazine rings is 2. The van der Waals surface area contributed by atoms with E-state index in [0.29, 0.717) is 38.0 Å². The molecule has 25 heavy (non-hydrogen) atoms. The van der Waals surface area contributed by atoms with E-state index in [9.17, 15) is 14.4 Å². The monoisotopic (exact) mass is 352 g/mol. The van der Waals surface area contributed by atoms with Crippen LogP contribution in [0.4, 0.5) is 4.79 Å². The molecule has 0 aromatic heterocycles. The van der Waals surface area contributed by atoms with Crippen molar-refractivity contribution in [2.45, 2.75) is 25.7 Å². The predicted octanol–water partition coefficient (Wildman–Crippen LogP) is 0.0468. The average molecular weight is 352 g/mol. The third-order valence-electron chi connectivity index (χ3n) is 5.14. The number of nitrogens with zero attached hydrogens (tertiary/aromatic N) is 3. The van der Waals surface area contributed by atoms with Crippen LogP contribution in [-0.4, -0.2) is 90.1 Å². The molecular formula is C17H28N4O4. The first kappa shape index (κ1) is 18.0. The van der Waals surface area contributed by atoms with Crippen molar-refractivity contribution in [3.05, 3.63) is 0 Å². The summed E-state index contributed by atoms with van der Waals surface area (Å²) in [5, 5.41) is 11.9. The Hall–Kier alpha value is -1.83. The number of nitrogens with one attached hydrogen (secondary N) is 1. The number of carbonyl (C=O) groups is 3. The summed E-state index contributed by atoms with van der Waals surface area (Å²) < 4.78 is 0. The van der Waals surface area contributed by atoms with Crippen LogP contribution in [0.25, 0.3) is 0 Å². The van der Waals surface area contributed by atoms with E-state index in [1.54, 1.807) is 4.90 Å². The van der Waals surface area contributed by atoms with Gasteiger partial charge in [-0.05, 0) is 25.7 Å². The van der Waals surface area contributed by atoms with Gasteiger partial charge in [-0.15, -0.1) is 0 Å². The van der Waals surface area contributed by atoms with Gasteiger partial charge in [-0.1, -0.05) is 0 Å². The van der Waals surface area contributed by atoms with Crippen LogP contribution in [-0.2, 0) is 9.59 Å². The summed E-state index contributed by atoms with van der Waals surface area (Å²) in [4.78, 5) is 38.8. The van der Waals surface area contributed by atoms with Crippen molar-refractivity contribution >= 4 is 17.9 Å². The SMILES string of the molecule is O=C(C1CC1)N1CCNCC1.O=C(O)N1CCN(C(=O)C2CC2)CC1. The fourth-order valence-electron chi connectivity index (χ4n) is 3.18. The van der Waals surface area contributed by atoms with Crippen LogP contribution < -0.4 is 5.32 Å². The Morgan fingerprint density at radius 3 is 1.48 bits per heavy atom. The summed E-state index contributed by atoms with van der Waals surface area (Å²) in [5.74, 6) is 1.25. The Bertz CT molecular complexity index is 505. The maximum Gasteiger partial charge on any atom is 0.407 e. The van der Waals surface area contributed by atoms with E-state index in [1.165, 1.54) is 4.90 Å². The Morgan fingerprint density at radius 2 is 1.08 bits per heavy atom. The largest absolute Gasteiger partial charge is 0.465 e. The highest BCUT2D eigenvalue weighted by Crippen LogP contribution is 2.31. The molecule has 0 atom stereocenters. The molecule has 2 N–H and O–H groups in total. The molecule has 2 aliphatic carbocycles. The Kier molecular flexibility index (Phi) is 5.78. The zero-order chi connectivity index (χ0) is 17.8. The molecule has 2 heterocycles. The molecule has 0 radical (unpaired) electrons. The maximum absolute atomic E-state index is 11.6. The number of carbonyl (C=O) groups excluding carboxylic acids is 2. The highest BCUT2D eigenvalue weighted by Gasteiger charge is 2.35. The smallest absolute Gasteiger partial charge is 0.407 e. The molecule has 0 spiro atoms. The van der Waals surface area contributed by atoms with Crippen LogP contribution in [0, 0.1) is 11.8 Å². The molecule has 0 aromatic carbocycles. The molecule has 2 aliphatic heterocycles. The molecule has 8 heteroatoms. The Morgan fingerprint density at radius 1 is 0.680 bits per heavy atom. The van der Waals surface area contributed by atoms with Gasteiger partial charge >= 0.3 is 6.09 Å². The average Bonchev–Trinajstić information content (AvgIpc) is 3.54. The van der Waals surface area contributed by atoms with Gasteiger partial charge in [0.2, 0.25) is 11.8 Å². The summed E-state index contributed by atoms with van der Waals surface area (Å²) in [5.41, 5.74) is 0. The summed E-state index contributed by atoms with van der Waals surface area (Å²) in [6, 6.07) is 0. The summed E-state index contributed by atoms with van der Waals surface area (Å²) in [6.45, 7) is 5.78. The van der Waals surface area contributed by atoms with Crippen LogP contribution in [0.3, 0.4) is 0 Å². The van der Waals surface area contributed by atoms with Crippen molar-refractivity contribution in [3.63, 3.8) is 0 Å². The molecule has 0 unspecified atom stereocenters. The topological polar surface area (TPSA) is 93.2 Å². The molecule has 4 rings (SSSR count). The zero-order valence-electron chi connectivity index (χ0n) is 14.7. The zero-order valence-corrected chi connectivity index (χ0v) is 14.7. The fourth-order valence-corrected chi connectivity index (χ4v) is 3.18. The third kappa shape index (κ3) is 5.07. The molecule has 8 nitrogen and oxygen atoms in total. The summed E-state index contributed by atoms with van der Waals surface area (Å²) >= 11 is 0. The first-order chi connectivity index (χ1) is 12.1. The van der Waals surface area contributed by atoms with Crippen LogP contribution >= 0.6 is 0 Å². The lowest BCUT2D eigenvalue weighted by atomic mass is 10.3. The third-order valence-corrected chi connectivity index (χ3v) is 5.14. The van der Waals surface area contributed by atoms with E-state index in [4.69, 9.17) is 5.11 Å². The van der Waals surface area contributed by atoms with Gasteiger partial charge in [0.1, 0.15) is 0 Å². The number of carboxylic acid groups (broad SMARTS) is 1. The second-order valence-electron chi connectivity index (χ2n) is 7.22. The minimum Gasteiger partial charge on any atom is -0.465 e. The van der Waals surface area contributed by atoms with Crippen LogP contribution in [0.1, 0.15) is 25.7 Å². The van der Waals surface area contributed by atoms with Gasteiger partial charge in [0.05, 0.1) is 0 Å². The lowest BCUT2D eigenvalue weighted by molar-refractivity contribution is -0.134. The molecule has 2 saturated heterocycles. The molecule has 4 aliphatic rings. The molecule has 3 amide bonds. The maximum atomic E-state index is 11.6. The van der Waals surface area contributed by atoms with E-state index >= 15 is 0 Å². The van der Waals surface area contributed by atoms with E-state index < -0.39 is 6.09 Å².